The van der Waals surface area contributed by atoms with Gasteiger partial charge in [0, 0.05) is 41.8 Å². The maximum Gasteiger partial charge on any atom is 0.260 e. The molecule has 1 saturated heterocycles. The van der Waals surface area contributed by atoms with Crippen LogP contribution in [0.15, 0.2) is 59.8 Å². The van der Waals surface area contributed by atoms with Crippen LogP contribution in [0.25, 0.3) is 22.3 Å². The van der Waals surface area contributed by atoms with Gasteiger partial charge in [0.2, 0.25) is 0 Å². The van der Waals surface area contributed by atoms with Gasteiger partial charge in [-0.15, -0.1) is 0 Å². The van der Waals surface area contributed by atoms with Crippen molar-refractivity contribution in [1.29, 1.82) is 0 Å². The fourth-order valence-corrected chi connectivity index (χ4v) is 4.07. The molecule has 32 heavy (non-hydrogen) atoms. The molecule has 7 nitrogen and oxygen atoms in total. The van der Waals surface area contributed by atoms with E-state index in [9.17, 15) is 9.18 Å². The van der Waals surface area contributed by atoms with Gasteiger partial charge in [-0.3, -0.25) is 14.7 Å². The van der Waals surface area contributed by atoms with Gasteiger partial charge in [-0.05, 0) is 36.6 Å². The van der Waals surface area contributed by atoms with Crippen molar-refractivity contribution in [1.82, 2.24) is 24.8 Å². The van der Waals surface area contributed by atoms with E-state index in [1.54, 1.807) is 12.3 Å². The van der Waals surface area contributed by atoms with Crippen LogP contribution in [-0.2, 0) is 17.6 Å². The van der Waals surface area contributed by atoms with Gasteiger partial charge in [0.15, 0.2) is 6.30 Å². The molecular formula is C24H24FN5O2. The smallest absolute Gasteiger partial charge is 0.260 e. The molecule has 4 aromatic rings. The van der Waals surface area contributed by atoms with Crippen LogP contribution in [0.2, 0.25) is 0 Å². The Kier molecular flexibility index (Phi) is 5.79. The summed E-state index contributed by atoms with van der Waals surface area (Å²) in [5.41, 5.74) is 4.83. The standard InChI is InChI=1S/C24H24FN5O2/c25-22(30-8-10-32-11-9-30)18-3-1-2-16(12-18)4-5-19-13-17(6-7-26-19)21-14-20-23(29-21)27-15-28-24(20)31/h1-3,6-7,12-15,22H,4-5,8-11H2,(H2,27,28,29,31). The highest BCUT2D eigenvalue weighted by molar-refractivity contribution is 5.82. The van der Waals surface area contributed by atoms with Gasteiger partial charge in [-0.2, -0.15) is 0 Å². The minimum Gasteiger partial charge on any atom is -0.379 e. The number of H-pyrrole nitrogens is 2. The van der Waals surface area contributed by atoms with Crippen molar-refractivity contribution in [2.45, 2.75) is 19.1 Å². The van der Waals surface area contributed by atoms with E-state index < -0.39 is 6.30 Å². The summed E-state index contributed by atoms with van der Waals surface area (Å²) in [6.07, 6.45) is 3.52. The monoisotopic (exact) mass is 433 g/mol. The summed E-state index contributed by atoms with van der Waals surface area (Å²) in [7, 11) is 0. The largest absolute Gasteiger partial charge is 0.379 e. The highest BCUT2D eigenvalue weighted by atomic mass is 19.1. The van der Waals surface area contributed by atoms with E-state index >= 15 is 0 Å². The number of aromatic nitrogens is 4. The number of hydrogen-bond donors (Lipinski definition) is 2. The van der Waals surface area contributed by atoms with Gasteiger partial charge in [-0.25, -0.2) is 9.37 Å². The molecule has 1 aromatic carbocycles. The van der Waals surface area contributed by atoms with Crippen molar-refractivity contribution in [2.75, 3.05) is 26.3 Å². The van der Waals surface area contributed by atoms with Crippen molar-refractivity contribution in [2.24, 2.45) is 0 Å². The Bertz CT molecular complexity index is 1280. The highest BCUT2D eigenvalue weighted by Crippen LogP contribution is 2.25. The van der Waals surface area contributed by atoms with Crippen LogP contribution in [0.3, 0.4) is 0 Å². The third-order valence-electron chi connectivity index (χ3n) is 5.82. The van der Waals surface area contributed by atoms with E-state index in [2.05, 4.69) is 19.9 Å². The number of pyridine rings is 1. The van der Waals surface area contributed by atoms with Crippen LogP contribution in [0.4, 0.5) is 4.39 Å². The van der Waals surface area contributed by atoms with Crippen molar-refractivity contribution in [3.05, 3.63) is 82.2 Å². The summed E-state index contributed by atoms with van der Waals surface area (Å²) in [5.74, 6) is 0. The zero-order chi connectivity index (χ0) is 21.9. The molecule has 3 aromatic heterocycles. The Hall–Kier alpha value is -3.36. The van der Waals surface area contributed by atoms with Crippen LogP contribution < -0.4 is 5.56 Å². The summed E-state index contributed by atoms with van der Waals surface area (Å²) >= 11 is 0. The first-order valence-corrected chi connectivity index (χ1v) is 10.7. The molecule has 1 unspecified atom stereocenters. The van der Waals surface area contributed by atoms with E-state index in [-0.39, 0.29) is 5.56 Å². The number of nitrogens with one attached hydrogen (secondary N) is 2. The minimum atomic E-state index is -1.11. The number of aromatic amines is 2. The third-order valence-corrected chi connectivity index (χ3v) is 5.82. The average molecular weight is 433 g/mol. The number of rotatable bonds is 6. The lowest BCUT2D eigenvalue weighted by atomic mass is 10.0. The molecule has 0 bridgehead atoms. The minimum absolute atomic E-state index is 0.171. The molecule has 164 valence electrons. The Balaban J connectivity index is 1.30. The maximum absolute atomic E-state index is 14.9. The highest BCUT2D eigenvalue weighted by Gasteiger charge is 2.22. The number of hydrogen-bond acceptors (Lipinski definition) is 5. The normalized spacial score (nSPS) is 15.8. The molecule has 0 amide bonds. The van der Waals surface area contributed by atoms with E-state index in [1.165, 1.54) is 6.33 Å². The molecule has 4 heterocycles. The molecule has 0 radical (unpaired) electrons. The molecule has 2 N–H and O–H groups in total. The SMILES string of the molecule is O=c1[nH]cnc2[nH]c(-c3ccnc(CCc4cccc(C(F)N5CCOCC5)c4)c3)cc12. The van der Waals surface area contributed by atoms with Gasteiger partial charge in [-0.1, -0.05) is 24.3 Å². The van der Waals surface area contributed by atoms with Crippen LogP contribution in [0.5, 0.6) is 0 Å². The summed E-state index contributed by atoms with van der Waals surface area (Å²) in [6, 6.07) is 13.4. The first-order valence-electron chi connectivity index (χ1n) is 10.7. The molecule has 1 aliphatic heterocycles. The van der Waals surface area contributed by atoms with E-state index in [0.29, 0.717) is 42.9 Å². The van der Waals surface area contributed by atoms with Crippen molar-refractivity contribution >= 4 is 11.0 Å². The number of nitrogens with zero attached hydrogens (tertiary/aromatic N) is 3. The topological polar surface area (TPSA) is 86.9 Å². The quantitative estimate of drug-likeness (QED) is 0.455. The van der Waals surface area contributed by atoms with Gasteiger partial charge in [0.05, 0.1) is 24.9 Å². The van der Waals surface area contributed by atoms with E-state index in [4.69, 9.17) is 4.74 Å². The van der Waals surface area contributed by atoms with Gasteiger partial charge < -0.3 is 14.7 Å². The van der Waals surface area contributed by atoms with Crippen LogP contribution in [0, 0.1) is 0 Å². The second-order valence-electron chi connectivity index (χ2n) is 7.94. The number of morpholine rings is 1. The first kappa shape index (κ1) is 20.5. The Labute approximate surface area is 184 Å². The predicted molar refractivity (Wildman–Crippen MR) is 120 cm³/mol. The zero-order valence-corrected chi connectivity index (χ0v) is 17.6. The summed E-state index contributed by atoms with van der Waals surface area (Å²) < 4.78 is 20.3. The molecule has 0 saturated carbocycles. The number of aryl methyl sites for hydroxylation is 2. The van der Waals surface area contributed by atoms with Crippen molar-refractivity contribution in [3.8, 4) is 11.3 Å². The van der Waals surface area contributed by atoms with Gasteiger partial charge in [0.1, 0.15) is 5.65 Å². The maximum atomic E-state index is 14.9. The zero-order valence-electron chi connectivity index (χ0n) is 17.6. The fourth-order valence-electron chi connectivity index (χ4n) is 4.07. The number of fused-ring (bicyclic) bond motifs is 1. The molecule has 5 rings (SSSR count). The van der Waals surface area contributed by atoms with E-state index in [1.807, 2.05) is 41.3 Å². The van der Waals surface area contributed by atoms with Gasteiger partial charge in [0.25, 0.3) is 5.56 Å². The predicted octanol–water partition coefficient (Wildman–Crippen LogP) is 3.40. The van der Waals surface area contributed by atoms with Crippen LogP contribution in [-0.4, -0.2) is 51.1 Å². The molecule has 1 aliphatic rings. The average Bonchev–Trinajstić information content (AvgIpc) is 3.29. The molecular weight excluding hydrogens is 409 g/mol. The molecule has 8 heteroatoms. The fraction of sp³-hybridized carbons (Fsp3) is 0.292. The van der Waals surface area contributed by atoms with Crippen molar-refractivity contribution in [3.63, 3.8) is 0 Å². The Morgan fingerprint density at radius 3 is 2.81 bits per heavy atom. The lowest BCUT2D eigenvalue weighted by molar-refractivity contribution is -0.0216. The Morgan fingerprint density at radius 1 is 1.09 bits per heavy atom. The number of ether oxygens (including phenoxy) is 1. The third kappa shape index (κ3) is 4.32. The van der Waals surface area contributed by atoms with E-state index in [0.717, 1.165) is 35.4 Å². The van der Waals surface area contributed by atoms with Gasteiger partial charge >= 0.3 is 0 Å². The molecule has 0 aliphatic carbocycles. The number of benzene rings is 1. The number of alkyl halides is 1. The Morgan fingerprint density at radius 2 is 1.97 bits per heavy atom. The number of halogens is 1. The van der Waals surface area contributed by atoms with Crippen LogP contribution >= 0.6 is 0 Å². The molecule has 1 atom stereocenters. The summed E-state index contributed by atoms with van der Waals surface area (Å²) in [4.78, 5) is 28.2. The summed E-state index contributed by atoms with van der Waals surface area (Å²) in [6.45, 7) is 2.36. The molecule has 1 fully saturated rings. The second-order valence-corrected chi connectivity index (χ2v) is 7.94. The summed E-state index contributed by atoms with van der Waals surface area (Å²) in [5, 5.41) is 0.527. The van der Waals surface area contributed by atoms with Crippen LogP contribution in [0.1, 0.15) is 23.1 Å². The second kappa shape index (κ2) is 9.02. The lowest BCUT2D eigenvalue weighted by Crippen LogP contribution is -2.37. The molecule has 0 spiro atoms. The lowest BCUT2D eigenvalue weighted by Gasteiger charge is -2.29. The van der Waals surface area contributed by atoms with Crippen molar-refractivity contribution < 1.29 is 9.13 Å². The first-order chi connectivity index (χ1) is 15.7.